The van der Waals surface area contributed by atoms with Gasteiger partial charge in [-0.2, -0.15) is 0 Å². The minimum atomic E-state index is -0.116. The molecule has 1 amide bonds. The molecule has 27 heavy (non-hydrogen) atoms. The molecule has 140 valence electrons. The van der Waals surface area contributed by atoms with E-state index in [9.17, 15) is 4.79 Å². The lowest BCUT2D eigenvalue weighted by Crippen LogP contribution is -2.39. The highest BCUT2D eigenvalue weighted by Crippen LogP contribution is 2.26. The number of thiophene rings is 1. The first kappa shape index (κ1) is 19.3. The number of hydrogen-bond donors (Lipinski definition) is 2. The van der Waals surface area contributed by atoms with E-state index >= 15 is 0 Å². The van der Waals surface area contributed by atoms with Crippen molar-refractivity contribution in [2.24, 2.45) is 5.92 Å². The summed E-state index contributed by atoms with van der Waals surface area (Å²) < 4.78 is 0. The van der Waals surface area contributed by atoms with Crippen LogP contribution in [0.15, 0.2) is 78.2 Å². The van der Waals surface area contributed by atoms with Crippen LogP contribution in [0.25, 0.3) is 0 Å². The van der Waals surface area contributed by atoms with E-state index in [4.69, 9.17) is 0 Å². The third-order valence-electron chi connectivity index (χ3n) is 4.57. The van der Waals surface area contributed by atoms with E-state index in [1.807, 2.05) is 47.8 Å². The summed E-state index contributed by atoms with van der Waals surface area (Å²) in [5.74, 6) is 0.390. The fourth-order valence-electron chi connectivity index (χ4n) is 3.23. The van der Waals surface area contributed by atoms with Crippen LogP contribution in [0, 0.1) is 5.92 Å². The lowest BCUT2D eigenvalue weighted by molar-refractivity contribution is -0.120. The fraction of sp³-hybridized carbons (Fsp3) is 0.261. The summed E-state index contributed by atoms with van der Waals surface area (Å²) in [6, 6.07) is 24.5. The molecule has 0 bridgehead atoms. The summed E-state index contributed by atoms with van der Waals surface area (Å²) >= 11 is 1.66. The van der Waals surface area contributed by atoms with Crippen molar-refractivity contribution in [2.45, 2.75) is 25.9 Å². The van der Waals surface area contributed by atoms with Gasteiger partial charge in [0.15, 0.2) is 0 Å². The van der Waals surface area contributed by atoms with Crippen molar-refractivity contribution in [3.8, 4) is 0 Å². The number of rotatable bonds is 8. The Morgan fingerprint density at radius 3 is 2.07 bits per heavy atom. The molecule has 0 aliphatic heterocycles. The van der Waals surface area contributed by atoms with Crippen molar-refractivity contribution in [1.82, 2.24) is 10.6 Å². The van der Waals surface area contributed by atoms with Crippen LogP contribution in [0.5, 0.6) is 0 Å². The number of benzene rings is 2. The monoisotopic (exact) mass is 378 g/mol. The van der Waals surface area contributed by atoms with Gasteiger partial charge in [0.05, 0.1) is 12.6 Å². The largest absolute Gasteiger partial charge is 0.343 e. The van der Waals surface area contributed by atoms with E-state index in [2.05, 4.69) is 54.8 Å². The summed E-state index contributed by atoms with van der Waals surface area (Å²) in [6.07, 6.45) is 0. The van der Waals surface area contributed by atoms with Gasteiger partial charge < -0.3 is 10.6 Å². The Labute approximate surface area is 165 Å². The maximum absolute atomic E-state index is 12.7. The molecule has 1 heterocycles. The second-order valence-corrected chi connectivity index (χ2v) is 7.92. The minimum absolute atomic E-state index is 0.00108. The van der Waals surface area contributed by atoms with Gasteiger partial charge in [0.2, 0.25) is 5.91 Å². The molecule has 0 aliphatic rings. The maximum Gasteiger partial charge on any atom is 0.234 e. The molecule has 0 aliphatic carbocycles. The Morgan fingerprint density at radius 2 is 1.52 bits per heavy atom. The van der Waals surface area contributed by atoms with Crippen molar-refractivity contribution in [3.63, 3.8) is 0 Å². The Kier molecular flexibility index (Phi) is 6.80. The van der Waals surface area contributed by atoms with Crippen LogP contribution in [0.1, 0.15) is 41.9 Å². The van der Waals surface area contributed by atoms with Crippen molar-refractivity contribution in [2.75, 3.05) is 6.54 Å². The number of hydrogen-bond acceptors (Lipinski definition) is 3. The Balaban J connectivity index is 1.67. The second kappa shape index (κ2) is 9.49. The zero-order valence-corrected chi connectivity index (χ0v) is 16.6. The smallest absolute Gasteiger partial charge is 0.234 e. The molecule has 0 saturated carbocycles. The molecule has 2 N–H and O–H groups in total. The van der Waals surface area contributed by atoms with Gasteiger partial charge >= 0.3 is 0 Å². The first-order valence-corrected chi connectivity index (χ1v) is 10.2. The molecule has 2 aromatic carbocycles. The van der Waals surface area contributed by atoms with Crippen molar-refractivity contribution in [3.05, 3.63) is 94.2 Å². The average molecular weight is 379 g/mol. The van der Waals surface area contributed by atoms with Crippen molar-refractivity contribution in [1.29, 1.82) is 0 Å². The van der Waals surface area contributed by atoms with E-state index in [0.717, 1.165) is 10.4 Å². The molecule has 0 radical (unpaired) electrons. The van der Waals surface area contributed by atoms with E-state index in [-0.39, 0.29) is 24.5 Å². The highest BCUT2D eigenvalue weighted by atomic mass is 32.1. The first-order chi connectivity index (χ1) is 13.1. The van der Waals surface area contributed by atoms with Crippen LogP contribution in [-0.4, -0.2) is 12.5 Å². The molecule has 0 unspecified atom stereocenters. The normalized spacial score (nSPS) is 13.3. The molecular weight excluding hydrogens is 352 g/mol. The van der Waals surface area contributed by atoms with Gasteiger partial charge in [-0.1, -0.05) is 80.6 Å². The van der Waals surface area contributed by atoms with E-state index in [0.29, 0.717) is 5.92 Å². The number of carbonyl (C=O) groups excluding carboxylic acids is 1. The molecule has 0 fully saturated rings. The van der Waals surface area contributed by atoms with Crippen LogP contribution >= 0.6 is 11.3 Å². The van der Waals surface area contributed by atoms with Crippen LogP contribution in [0.4, 0.5) is 0 Å². The Hall–Kier alpha value is -2.43. The van der Waals surface area contributed by atoms with Gasteiger partial charge in [-0.15, -0.1) is 11.3 Å². The number of amides is 1. The standard InChI is InChI=1S/C23H26N2OS/c1-17(2)22(18-10-5-3-6-11-18)24-16-21(26)25-23(20-14-9-15-27-20)19-12-7-4-8-13-19/h3-15,17,22-24H,16H2,1-2H3,(H,25,26)/t22-,23-/m0/s1. The highest BCUT2D eigenvalue weighted by Gasteiger charge is 2.20. The van der Waals surface area contributed by atoms with Gasteiger partial charge in [0.25, 0.3) is 0 Å². The Bertz CT molecular complexity index is 816. The average Bonchev–Trinajstić information content (AvgIpc) is 3.22. The molecule has 0 saturated heterocycles. The predicted octanol–water partition coefficient (Wildman–Crippen LogP) is 4.94. The third kappa shape index (κ3) is 5.28. The maximum atomic E-state index is 12.7. The summed E-state index contributed by atoms with van der Waals surface area (Å²) in [5.41, 5.74) is 2.30. The van der Waals surface area contributed by atoms with Gasteiger partial charge in [0.1, 0.15) is 0 Å². The molecule has 4 heteroatoms. The van der Waals surface area contributed by atoms with E-state index < -0.39 is 0 Å². The van der Waals surface area contributed by atoms with Gasteiger partial charge in [-0.25, -0.2) is 0 Å². The topological polar surface area (TPSA) is 41.1 Å². The highest BCUT2D eigenvalue weighted by molar-refractivity contribution is 7.10. The van der Waals surface area contributed by atoms with Gasteiger partial charge in [-0.3, -0.25) is 4.79 Å². The van der Waals surface area contributed by atoms with Crippen LogP contribution in [-0.2, 0) is 4.79 Å². The van der Waals surface area contributed by atoms with Crippen LogP contribution < -0.4 is 10.6 Å². The van der Waals surface area contributed by atoms with Gasteiger partial charge in [-0.05, 0) is 28.5 Å². The van der Waals surface area contributed by atoms with E-state index in [1.165, 1.54) is 5.56 Å². The van der Waals surface area contributed by atoms with Crippen LogP contribution in [0.2, 0.25) is 0 Å². The molecule has 3 nitrogen and oxygen atoms in total. The SMILES string of the molecule is CC(C)[C@H](NCC(=O)N[C@@H](c1ccccc1)c1cccs1)c1ccccc1. The van der Waals surface area contributed by atoms with Crippen molar-refractivity contribution >= 4 is 17.2 Å². The molecule has 0 spiro atoms. The summed E-state index contributed by atoms with van der Waals surface area (Å²) in [6.45, 7) is 4.62. The van der Waals surface area contributed by atoms with Crippen molar-refractivity contribution < 1.29 is 4.79 Å². The molecule has 3 rings (SSSR count). The third-order valence-corrected chi connectivity index (χ3v) is 5.51. The lowest BCUT2D eigenvalue weighted by atomic mass is 9.96. The van der Waals surface area contributed by atoms with Crippen LogP contribution in [0.3, 0.4) is 0 Å². The molecule has 2 atom stereocenters. The summed E-state index contributed by atoms with van der Waals surface area (Å²) in [4.78, 5) is 13.8. The summed E-state index contributed by atoms with van der Waals surface area (Å²) in [5, 5.41) is 8.66. The van der Waals surface area contributed by atoms with Gasteiger partial charge in [0, 0.05) is 10.9 Å². The fourth-order valence-corrected chi connectivity index (χ4v) is 4.04. The van der Waals surface area contributed by atoms with E-state index in [1.54, 1.807) is 11.3 Å². The second-order valence-electron chi connectivity index (χ2n) is 6.94. The predicted molar refractivity (Wildman–Crippen MR) is 113 cm³/mol. The zero-order chi connectivity index (χ0) is 19.1. The Morgan fingerprint density at radius 1 is 0.889 bits per heavy atom. The molecule has 3 aromatic rings. The zero-order valence-electron chi connectivity index (χ0n) is 15.8. The number of nitrogens with one attached hydrogen (secondary N) is 2. The lowest BCUT2D eigenvalue weighted by Gasteiger charge is -2.24. The summed E-state index contributed by atoms with van der Waals surface area (Å²) in [7, 11) is 0. The molecule has 1 aromatic heterocycles. The first-order valence-electron chi connectivity index (χ1n) is 9.31. The minimum Gasteiger partial charge on any atom is -0.343 e. The molecular formula is C23H26N2OS. The quantitative estimate of drug-likeness (QED) is 0.583. The number of carbonyl (C=O) groups is 1.